The van der Waals surface area contributed by atoms with Gasteiger partial charge < -0.3 is 25.6 Å². The fourth-order valence-electron chi connectivity index (χ4n) is 3.56. The second kappa shape index (κ2) is 10.4. The Bertz CT molecular complexity index is 942. The Morgan fingerprint density at radius 1 is 1.03 bits per heavy atom. The molecule has 2 amide bonds. The van der Waals surface area contributed by atoms with Gasteiger partial charge in [-0.1, -0.05) is 54.6 Å². The fraction of sp³-hybridized carbons (Fsp3) is 0.261. The van der Waals surface area contributed by atoms with E-state index in [4.69, 9.17) is 14.9 Å². The van der Waals surface area contributed by atoms with Crippen molar-refractivity contribution in [1.82, 2.24) is 10.6 Å². The highest BCUT2D eigenvalue weighted by Crippen LogP contribution is 2.44. The van der Waals surface area contributed by atoms with Gasteiger partial charge in [-0.15, -0.1) is 0 Å². The van der Waals surface area contributed by atoms with Crippen LogP contribution in [0.15, 0.2) is 60.7 Å². The number of aliphatic carboxylic acids is 1. The molecule has 0 aliphatic heterocycles. The number of aliphatic hydroxyl groups excluding tert-OH is 1. The zero-order chi connectivity index (χ0) is 22.2. The molecule has 3 rings (SSSR count). The first-order valence-electron chi connectivity index (χ1n) is 9.90. The number of hydrogen-bond donors (Lipinski definition) is 4. The van der Waals surface area contributed by atoms with Crippen LogP contribution in [0.3, 0.4) is 0 Å². The molecule has 8 nitrogen and oxygen atoms in total. The van der Waals surface area contributed by atoms with Crippen molar-refractivity contribution in [3.8, 4) is 11.1 Å². The monoisotopic (exact) mass is 424 g/mol. The molecule has 0 fully saturated rings. The number of carboxylic acids is 1. The zero-order valence-corrected chi connectivity index (χ0v) is 16.8. The van der Waals surface area contributed by atoms with Gasteiger partial charge in [-0.25, -0.2) is 9.59 Å². The molecule has 0 heterocycles. The number of carbonyl (C=O) groups excluding carboxylic acids is 2. The molecule has 0 aromatic heterocycles. The Morgan fingerprint density at radius 2 is 1.65 bits per heavy atom. The maximum absolute atomic E-state index is 12.0. The summed E-state index contributed by atoms with van der Waals surface area (Å²) in [5.41, 5.74) is 4.51. The van der Waals surface area contributed by atoms with Crippen LogP contribution in [0.4, 0.5) is 4.79 Å². The predicted molar refractivity (Wildman–Crippen MR) is 113 cm³/mol. The molecule has 162 valence electrons. The van der Waals surface area contributed by atoms with Crippen molar-refractivity contribution < 1.29 is 29.3 Å². The highest BCUT2D eigenvalue weighted by molar-refractivity contribution is 5.91. The smallest absolute Gasteiger partial charge is 0.407 e. The van der Waals surface area contributed by atoms with Crippen molar-refractivity contribution in [3.63, 3.8) is 0 Å². The second-order valence-corrected chi connectivity index (χ2v) is 7.02. The van der Waals surface area contributed by atoms with Crippen LogP contribution in [0, 0.1) is 0 Å². The molecule has 0 saturated carbocycles. The third-order valence-electron chi connectivity index (χ3n) is 5.01. The van der Waals surface area contributed by atoms with Gasteiger partial charge in [0.25, 0.3) is 0 Å². The molecule has 0 saturated heterocycles. The van der Waals surface area contributed by atoms with Gasteiger partial charge in [-0.3, -0.25) is 4.79 Å². The maximum atomic E-state index is 12.0. The minimum atomic E-state index is -1.23. The van der Waals surface area contributed by atoms with Gasteiger partial charge in [-0.05, 0) is 22.3 Å². The molecular formula is C23H24N2O6. The Labute approximate surface area is 179 Å². The van der Waals surface area contributed by atoms with Crippen LogP contribution in [-0.2, 0) is 14.3 Å². The van der Waals surface area contributed by atoms with Crippen molar-refractivity contribution in [2.45, 2.75) is 18.4 Å². The first-order chi connectivity index (χ1) is 15.0. The molecule has 0 unspecified atom stereocenters. The molecule has 1 atom stereocenters. The molecule has 2 aromatic rings. The van der Waals surface area contributed by atoms with Crippen LogP contribution in [0.2, 0.25) is 0 Å². The van der Waals surface area contributed by atoms with Gasteiger partial charge in [0.2, 0.25) is 5.91 Å². The van der Waals surface area contributed by atoms with Gasteiger partial charge in [0, 0.05) is 31.6 Å². The molecule has 8 heteroatoms. The van der Waals surface area contributed by atoms with Crippen LogP contribution in [0.5, 0.6) is 0 Å². The van der Waals surface area contributed by atoms with Crippen LogP contribution >= 0.6 is 0 Å². The van der Waals surface area contributed by atoms with E-state index in [1.54, 1.807) is 0 Å². The lowest BCUT2D eigenvalue weighted by molar-refractivity contribution is -0.141. The minimum absolute atomic E-state index is 0.0426. The van der Waals surface area contributed by atoms with Gasteiger partial charge >= 0.3 is 12.1 Å². The van der Waals surface area contributed by atoms with E-state index in [1.165, 1.54) is 6.08 Å². The number of benzene rings is 2. The topological polar surface area (TPSA) is 125 Å². The number of ether oxygens (including phenoxy) is 1. The summed E-state index contributed by atoms with van der Waals surface area (Å²) in [6.45, 7) is -0.127. The van der Waals surface area contributed by atoms with E-state index >= 15 is 0 Å². The number of rotatable bonds is 9. The highest BCUT2D eigenvalue weighted by atomic mass is 16.5. The summed E-state index contributed by atoms with van der Waals surface area (Å²) >= 11 is 0. The van der Waals surface area contributed by atoms with E-state index in [9.17, 15) is 14.4 Å². The second-order valence-electron chi connectivity index (χ2n) is 7.02. The number of alkyl carbamates (subject to hydrolysis) is 1. The summed E-state index contributed by atoms with van der Waals surface area (Å²) in [4.78, 5) is 34.7. The van der Waals surface area contributed by atoms with Crippen molar-refractivity contribution >= 4 is 18.0 Å². The number of aliphatic hydroxyl groups is 1. The van der Waals surface area contributed by atoms with Crippen LogP contribution in [0.25, 0.3) is 11.1 Å². The van der Waals surface area contributed by atoms with Crippen molar-refractivity contribution in [2.75, 3.05) is 19.8 Å². The van der Waals surface area contributed by atoms with Gasteiger partial charge in [0.15, 0.2) is 0 Å². The van der Waals surface area contributed by atoms with Crippen molar-refractivity contribution in [2.24, 2.45) is 0 Å². The SMILES string of the molecule is O=C(/C=C/CNC(=O)OCC1c2ccccc2-c2ccccc21)N[C@@H](CCO)C(=O)O. The van der Waals surface area contributed by atoms with Gasteiger partial charge in [-0.2, -0.15) is 0 Å². The van der Waals surface area contributed by atoms with Crippen molar-refractivity contribution in [3.05, 3.63) is 71.8 Å². The molecule has 0 bridgehead atoms. The first kappa shape index (κ1) is 22.0. The third kappa shape index (κ3) is 5.49. The van der Waals surface area contributed by atoms with E-state index in [0.717, 1.165) is 28.3 Å². The Kier molecular flexibility index (Phi) is 7.40. The van der Waals surface area contributed by atoms with Gasteiger partial charge in [0.05, 0.1) is 0 Å². The van der Waals surface area contributed by atoms with Crippen molar-refractivity contribution in [1.29, 1.82) is 0 Å². The predicted octanol–water partition coefficient (Wildman–Crippen LogP) is 2.03. The maximum Gasteiger partial charge on any atom is 0.407 e. The average Bonchev–Trinajstić information content (AvgIpc) is 3.09. The number of amides is 2. The molecule has 0 radical (unpaired) electrons. The van der Waals surface area contributed by atoms with E-state index < -0.39 is 24.0 Å². The summed E-state index contributed by atoms with van der Waals surface area (Å²) in [7, 11) is 0. The number of nitrogens with one attached hydrogen (secondary N) is 2. The van der Waals surface area contributed by atoms with E-state index in [0.29, 0.717) is 0 Å². The molecular weight excluding hydrogens is 400 g/mol. The number of hydrogen-bond acceptors (Lipinski definition) is 5. The lowest BCUT2D eigenvalue weighted by atomic mass is 9.98. The summed E-state index contributed by atoms with van der Waals surface area (Å²) in [5, 5.41) is 22.5. The first-order valence-corrected chi connectivity index (χ1v) is 9.90. The summed E-state index contributed by atoms with van der Waals surface area (Å²) < 4.78 is 5.38. The zero-order valence-electron chi connectivity index (χ0n) is 16.8. The highest BCUT2D eigenvalue weighted by Gasteiger charge is 2.28. The Balaban J connectivity index is 1.47. The van der Waals surface area contributed by atoms with Gasteiger partial charge in [0.1, 0.15) is 12.6 Å². The lowest BCUT2D eigenvalue weighted by Gasteiger charge is -2.14. The summed E-state index contributed by atoms with van der Waals surface area (Å²) in [6.07, 6.45) is 1.80. The number of carbonyl (C=O) groups is 3. The average molecular weight is 424 g/mol. The lowest BCUT2D eigenvalue weighted by Crippen LogP contribution is -2.40. The third-order valence-corrected chi connectivity index (χ3v) is 5.01. The van der Waals surface area contributed by atoms with E-state index in [1.807, 2.05) is 36.4 Å². The number of carboxylic acid groups (broad SMARTS) is 1. The summed E-state index contributed by atoms with van der Waals surface area (Å²) in [5.74, 6) is -1.90. The van der Waals surface area contributed by atoms with Crippen LogP contribution in [0.1, 0.15) is 23.5 Å². The minimum Gasteiger partial charge on any atom is -0.480 e. The van der Waals surface area contributed by atoms with E-state index in [-0.39, 0.29) is 32.1 Å². The van der Waals surface area contributed by atoms with Crippen LogP contribution in [-0.4, -0.2) is 54.0 Å². The Morgan fingerprint density at radius 3 is 2.23 bits per heavy atom. The molecule has 1 aliphatic carbocycles. The largest absolute Gasteiger partial charge is 0.480 e. The molecule has 31 heavy (non-hydrogen) atoms. The fourth-order valence-corrected chi connectivity index (χ4v) is 3.56. The Hall–Kier alpha value is -3.65. The van der Waals surface area contributed by atoms with E-state index in [2.05, 4.69) is 22.8 Å². The number of fused-ring (bicyclic) bond motifs is 3. The molecule has 1 aliphatic rings. The summed E-state index contributed by atoms with van der Waals surface area (Å²) in [6, 6.07) is 14.9. The molecule has 0 spiro atoms. The molecule has 2 aromatic carbocycles. The standard InChI is InChI=1S/C23H24N2O6/c26-13-11-20(22(28)29)25-21(27)10-5-12-24-23(30)31-14-19-17-8-3-1-6-15(17)16-7-2-4-9-18(16)19/h1-10,19-20,26H,11-14H2,(H,24,30)(H,25,27)(H,28,29)/b10-5+/t20-/m0/s1. The quantitative estimate of drug-likeness (QED) is 0.457. The van der Waals surface area contributed by atoms with Crippen LogP contribution < -0.4 is 10.6 Å². The molecule has 4 N–H and O–H groups in total. The normalized spacial score (nSPS) is 13.3.